The topological polar surface area (TPSA) is 67.4 Å². The highest BCUT2D eigenvalue weighted by atomic mass is 32.2. The van der Waals surface area contributed by atoms with Crippen molar-refractivity contribution in [2.75, 3.05) is 12.4 Å². The van der Waals surface area contributed by atoms with Gasteiger partial charge in [0.05, 0.1) is 12.0 Å². The standard InChI is InChI=1S/C14H13FN2O3S2/c1-20-12-4-2-3-11(9-12)16-14(21)17-22(18,19)13-7-5-10(15)6-8-13/h2-9H,1H3,(H2,16,17,21). The van der Waals surface area contributed by atoms with E-state index in [1.807, 2.05) is 0 Å². The number of rotatable bonds is 4. The van der Waals surface area contributed by atoms with E-state index in [0.717, 1.165) is 24.3 Å². The molecule has 8 heteroatoms. The third kappa shape index (κ3) is 4.15. The number of benzene rings is 2. The number of anilines is 1. The summed E-state index contributed by atoms with van der Waals surface area (Å²) in [5.74, 6) is 0.0882. The fraction of sp³-hybridized carbons (Fsp3) is 0.0714. The van der Waals surface area contributed by atoms with Crippen LogP contribution in [0.25, 0.3) is 0 Å². The molecular formula is C14H13FN2O3S2. The van der Waals surface area contributed by atoms with Crippen LogP contribution in [0.2, 0.25) is 0 Å². The van der Waals surface area contributed by atoms with E-state index in [1.54, 1.807) is 24.3 Å². The molecule has 0 saturated heterocycles. The number of nitrogens with one attached hydrogen (secondary N) is 2. The fourth-order valence-corrected chi connectivity index (χ4v) is 3.01. The predicted octanol–water partition coefficient (Wildman–Crippen LogP) is 2.51. The summed E-state index contributed by atoms with van der Waals surface area (Å²) in [4.78, 5) is -0.0799. The van der Waals surface area contributed by atoms with Gasteiger partial charge in [0.2, 0.25) is 0 Å². The minimum Gasteiger partial charge on any atom is -0.497 e. The zero-order valence-electron chi connectivity index (χ0n) is 11.5. The van der Waals surface area contributed by atoms with Gasteiger partial charge in [-0.1, -0.05) is 6.07 Å². The Morgan fingerprint density at radius 1 is 1.18 bits per heavy atom. The molecular weight excluding hydrogens is 327 g/mol. The van der Waals surface area contributed by atoms with Gasteiger partial charge in [-0.2, -0.15) is 0 Å². The predicted molar refractivity (Wildman–Crippen MR) is 85.9 cm³/mol. The minimum atomic E-state index is -3.86. The van der Waals surface area contributed by atoms with Crippen LogP contribution in [-0.2, 0) is 10.0 Å². The molecule has 0 aromatic heterocycles. The SMILES string of the molecule is COc1cccc(NC(=S)NS(=O)(=O)c2ccc(F)cc2)c1. The van der Waals surface area contributed by atoms with Crippen LogP contribution in [0.1, 0.15) is 0 Å². The van der Waals surface area contributed by atoms with Crippen LogP contribution in [0, 0.1) is 5.82 Å². The molecule has 116 valence electrons. The van der Waals surface area contributed by atoms with Crippen molar-refractivity contribution in [3.05, 3.63) is 54.3 Å². The quantitative estimate of drug-likeness (QED) is 0.837. The highest BCUT2D eigenvalue weighted by molar-refractivity contribution is 7.92. The first-order valence-electron chi connectivity index (χ1n) is 6.14. The van der Waals surface area contributed by atoms with Crippen molar-refractivity contribution in [1.29, 1.82) is 0 Å². The molecule has 0 fully saturated rings. The van der Waals surface area contributed by atoms with Gasteiger partial charge in [0, 0.05) is 11.8 Å². The van der Waals surface area contributed by atoms with Crippen LogP contribution in [-0.4, -0.2) is 20.6 Å². The highest BCUT2D eigenvalue weighted by Gasteiger charge is 2.15. The van der Waals surface area contributed by atoms with Crippen LogP contribution in [0.3, 0.4) is 0 Å². The number of hydrogen-bond donors (Lipinski definition) is 2. The molecule has 0 aliphatic carbocycles. The maximum atomic E-state index is 12.8. The summed E-state index contributed by atoms with van der Waals surface area (Å²) in [5, 5.41) is 2.64. The van der Waals surface area contributed by atoms with Gasteiger partial charge >= 0.3 is 0 Å². The Kier molecular flexibility index (Phi) is 4.94. The van der Waals surface area contributed by atoms with Crippen molar-refractivity contribution in [3.8, 4) is 5.75 Å². The molecule has 2 N–H and O–H groups in total. The number of hydrogen-bond acceptors (Lipinski definition) is 4. The van der Waals surface area contributed by atoms with E-state index in [1.165, 1.54) is 7.11 Å². The first-order valence-corrected chi connectivity index (χ1v) is 8.03. The molecule has 2 rings (SSSR count). The zero-order chi connectivity index (χ0) is 16.2. The summed E-state index contributed by atoms with van der Waals surface area (Å²) < 4.78 is 44.3. The second-order valence-electron chi connectivity index (χ2n) is 4.25. The zero-order valence-corrected chi connectivity index (χ0v) is 13.2. The molecule has 0 radical (unpaired) electrons. The number of halogens is 1. The van der Waals surface area contributed by atoms with E-state index in [9.17, 15) is 12.8 Å². The molecule has 0 unspecified atom stereocenters. The van der Waals surface area contributed by atoms with Gasteiger partial charge in [-0.25, -0.2) is 12.8 Å². The third-order valence-electron chi connectivity index (χ3n) is 2.68. The first kappa shape index (κ1) is 16.2. The molecule has 5 nitrogen and oxygen atoms in total. The van der Waals surface area contributed by atoms with Gasteiger partial charge in [0.25, 0.3) is 10.0 Å². The number of thiocarbonyl (C=S) groups is 1. The van der Waals surface area contributed by atoms with Gasteiger partial charge < -0.3 is 10.1 Å². The lowest BCUT2D eigenvalue weighted by atomic mass is 10.3. The smallest absolute Gasteiger partial charge is 0.263 e. The minimum absolute atomic E-state index is 0.0799. The third-order valence-corrected chi connectivity index (χ3v) is 4.38. The maximum Gasteiger partial charge on any atom is 0.263 e. The molecule has 0 aliphatic heterocycles. The summed E-state index contributed by atoms with van der Waals surface area (Å²) in [6, 6.07) is 11.3. The summed E-state index contributed by atoms with van der Waals surface area (Å²) in [6.07, 6.45) is 0. The molecule has 0 aliphatic rings. The van der Waals surface area contributed by atoms with Crippen LogP contribution < -0.4 is 14.8 Å². The van der Waals surface area contributed by atoms with E-state index < -0.39 is 15.8 Å². The summed E-state index contributed by atoms with van der Waals surface area (Å²) in [6.45, 7) is 0. The first-order chi connectivity index (χ1) is 10.4. The Labute approximate surface area is 133 Å². The second kappa shape index (κ2) is 6.71. The van der Waals surface area contributed by atoms with Crippen molar-refractivity contribution >= 4 is 33.0 Å². The molecule has 0 spiro atoms. The average Bonchev–Trinajstić information content (AvgIpc) is 2.47. The van der Waals surface area contributed by atoms with Crippen LogP contribution in [0.4, 0.5) is 10.1 Å². The normalized spacial score (nSPS) is 10.8. The largest absolute Gasteiger partial charge is 0.497 e. The van der Waals surface area contributed by atoms with Gasteiger partial charge in [0.1, 0.15) is 11.6 Å². The molecule has 2 aromatic carbocycles. The summed E-state index contributed by atoms with van der Waals surface area (Å²) >= 11 is 4.97. The Bertz CT molecular complexity index is 777. The van der Waals surface area contributed by atoms with Gasteiger partial charge in [-0.05, 0) is 48.6 Å². The lowest BCUT2D eigenvalue weighted by Gasteiger charge is -2.12. The molecule has 22 heavy (non-hydrogen) atoms. The van der Waals surface area contributed by atoms with Gasteiger partial charge in [0.15, 0.2) is 5.11 Å². The van der Waals surface area contributed by atoms with Gasteiger partial charge in [-0.3, -0.25) is 4.72 Å². The fourth-order valence-electron chi connectivity index (χ4n) is 1.65. The van der Waals surface area contributed by atoms with Crippen LogP contribution in [0.5, 0.6) is 5.75 Å². The van der Waals surface area contributed by atoms with Crippen molar-refractivity contribution in [2.45, 2.75) is 4.90 Å². The molecule has 2 aromatic rings. The lowest BCUT2D eigenvalue weighted by molar-refractivity contribution is 0.415. The van der Waals surface area contributed by atoms with Crippen LogP contribution in [0.15, 0.2) is 53.4 Å². The second-order valence-corrected chi connectivity index (χ2v) is 6.34. The highest BCUT2D eigenvalue weighted by Crippen LogP contribution is 2.17. The maximum absolute atomic E-state index is 12.8. The van der Waals surface area contributed by atoms with E-state index in [-0.39, 0.29) is 10.0 Å². The molecule has 0 atom stereocenters. The van der Waals surface area contributed by atoms with Crippen LogP contribution >= 0.6 is 12.2 Å². The Hall–Kier alpha value is -2.19. The Balaban J connectivity index is 2.09. The van der Waals surface area contributed by atoms with Crippen molar-refractivity contribution < 1.29 is 17.5 Å². The monoisotopic (exact) mass is 340 g/mol. The molecule has 0 saturated carbocycles. The van der Waals surface area contributed by atoms with E-state index in [2.05, 4.69) is 10.0 Å². The van der Waals surface area contributed by atoms with E-state index >= 15 is 0 Å². The number of ether oxygens (including phenoxy) is 1. The summed E-state index contributed by atoms with van der Waals surface area (Å²) in [7, 11) is -2.34. The van der Waals surface area contributed by atoms with E-state index in [0.29, 0.717) is 11.4 Å². The number of sulfonamides is 1. The summed E-state index contributed by atoms with van der Waals surface area (Å²) in [5.41, 5.74) is 0.575. The Morgan fingerprint density at radius 3 is 2.50 bits per heavy atom. The average molecular weight is 340 g/mol. The van der Waals surface area contributed by atoms with E-state index in [4.69, 9.17) is 17.0 Å². The molecule has 0 heterocycles. The number of methoxy groups -OCH3 is 1. The Morgan fingerprint density at radius 2 is 1.86 bits per heavy atom. The van der Waals surface area contributed by atoms with Gasteiger partial charge in [-0.15, -0.1) is 0 Å². The lowest BCUT2D eigenvalue weighted by Crippen LogP contribution is -2.34. The van der Waals surface area contributed by atoms with Crippen molar-refractivity contribution in [2.24, 2.45) is 0 Å². The molecule has 0 amide bonds. The van der Waals surface area contributed by atoms with Crippen molar-refractivity contribution in [1.82, 2.24) is 4.72 Å². The molecule has 0 bridgehead atoms. The van der Waals surface area contributed by atoms with Crippen molar-refractivity contribution in [3.63, 3.8) is 0 Å².